The number of benzene rings is 1. The monoisotopic (exact) mass is 199 g/mol. The summed E-state index contributed by atoms with van der Waals surface area (Å²) in [5, 5.41) is 21.0. The van der Waals surface area contributed by atoms with Crippen molar-refractivity contribution in [2.75, 3.05) is 6.61 Å². The van der Waals surface area contributed by atoms with E-state index in [4.69, 9.17) is 5.11 Å². The van der Waals surface area contributed by atoms with Gasteiger partial charge >= 0.3 is 0 Å². The molecule has 0 spiro atoms. The van der Waals surface area contributed by atoms with Crippen LogP contribution in [0.1, 0.15) is 12.5 Å². The molecule has 1 atom stereocenters. The van der Waals surface area contributed by atoms with E-state index in [1.807, 2.05) is 0 Å². The zero-order valence-corrected chi connectivity index (χ0v) is 8.00. The van der Waals surface area contributed by atoms with Crippen LogP contribution in [0.4, 0.5) is 4.39 Å². The van der Waals surface area contributed by atoms with Gasteiger partial charge in [0, 0.05) is 18.2 Å². The van der Waals surface area contributed by atoms with Crippen molar-refractivity contribution in [3.05, 3.63) is 29.6 Å². The maximum Gasteiger partial charge on any atom is 0.123 e. The summed E-state index contributed by atoms with van der Waals surface area (Å²) in [4.78, 5) is 0. The number of hydrogen-bond donors (Lipinski definition) is 3. The SMILES string of the molecule is C[C@H](CO)NCc1cc(F)ccc1O. The van der Waals surface area contributed by atoms with Gasteiger partial charge in [-0.2, -0.15) is 0 Å². The predicted octanol–water partition coefficient (Wildman–Crippen LogP) is 1.00. The molecule has 0 fully saturated rings. The first kappa shape index (κ1) is 10.9. The Morgan fingerprint density at radius 1 is 1.50 bits per heavy atom. The van der Waals surface area contributed by atoms with Gasteiger partial charge in [-0.1, -0.05) is 0 Å². The molecule has 0 saturated heterocycles. The van der Waals surface area contributed by atoms with Crippen molar-refractivity contribution < 1.29 is 14.6 Å². The number of phenols is 1. The Kier molecular flexibility index (Phi) is 3.85. The van der Waals surface area contributed by atoms with Gasteiger partial charge in [0.2, 0.25) is 0 Å². The molecule has 0 aliphatic heterocycles. The van der Waals surface area contributed by atoms with Crippen LogP contribution >= 0.6 is 0 Å². The van der Waals surface area contributed by atoms with Crippen LogP contribution in [-0.2, 0) is 6.54 Å². The fourth-order valence-corrected chi connectivity index (χ4v) is 1.04. The van der Waals surface area contributed by atoms with E-state index in [2.05, 4.69) is 5.32 Å². The summed E-state index contributed by atoms with van der Waals surface area (Å²) in [6, 6.07) is 3.72. The van der Waals surface area contributed by atoms with Crippen LogP contribution in [0.5, 0.6) is 5.75 Å². The van der Waals surface area contributed by atoms with Crippen LogP contribution in [0.25, 0.3) is 0 Å². The lowest BCUT2D eigenvalue weighted by molar-refractivity contribution is 0.250. The Balaban J connectivity index is 2.62. The molecule has 0 unspecified atom stereocenters. The summed E-state index contributed by atoms with van der Waals surface area (Å²) >= 11 is 0. The van der Waals surface area contributed by atoms with E-state index in [0.29, 0.717) is 12.1 Å². The summed E-state index contributed by atoms with van der Waals surface area (Å²) < 4.78 is 12.8. The minimum absolute atomic E-state index is 0.01000. The molecule has 1 aromatic carbocycles. The Bertz CT molecular complexity index is 304. The first-order valence-corrected chi connectivity index (χ1v) is 4.45. The number of hydrogen-bond acceptors (Lipinski definition) is 3. The normalized spacial score (nSPS) is 12.8. The van der Waals surface area contributed by atoms with Gasteiger partial charge in [0.05, 0.1) is 6.61 Å². The van der Waals surface area contributed by atoms with Crippen molar-refractivity contribution in [1.29, 1.82) is 0 Å². The van der Waals surface area contributed by atoms with Crippen molar-refractivity contribution in [2.24, 2.45) is 0 Å². The van der Waals surface area contributed by atoms with E-state index < -0.39 is 0 Å². The molecule has 4 heteroatoms. The molecule has 78 valence electrons. The van der Waals surface area contributed by atoms with E-state index in [1.165, 1.54) is 18.2 Å². The molecule has 3 nitrogen and oxygen atoms in total. The third-order valence-electron chi connectivity index (χ3n) is 1.96. The van der Waals surface area contributed by atoms with E-state index in [1.54, 1.807) is 6.92 Å². The molecular formula is C10H14FNO2. The van der Waals surface area contributed by atoms with Gasteiger partial charge in [0.1, 0.15) is 11.6 Å². The average molecular weight is 199 g/mol. The summed E-state index contributed by atoms with van der Waals surface area (Å²) in [7, 11) is 0. The minimum atomic E-state index is -0.378. The molecule has 3 N–H and O–H groups in total. The highest BCUT2D eigenvalue weighted by atomic mass is 19.1. The van der Waals surface area contributed by atoms with Crippen molar-refractivity contribution >= 4 is 0 Å². The van der Waals surface area contributed by atoms with Crippen molar-refractivity contribution in [1.82, 2.24) is 5.32 Å². The highest BCUT2D eigenvalue weighted by Gasteiger charge is 2.04. The number of phenolic OH excluding ortho intramolecular Hbond substituents is 1. The topological polar surface area (TPSA) is 52.5 Å². The highest BCUT2D eigenvalue weighted by Crippen LogP contribution is 2.17. The quantitative estimate of drug-likeness (QED) is 0.678. The van der Waals surface area contributed by atoms with Crippen molar-refractivity contribution in [3.8, 4) is 5.75 Å². The molecule has 0 radical (unpaired) electrons. The Morgan fingerprint density at radius 2 is 2.21 bits per heavy atom. The number of halogens is 1. The second-order valence-corrected chi connectivity index (χ2v) is 3.24. The second kappa shape index (κ2) is 4.93. The minimum Gasteiger partial charge on any atom is -0.508 e. The van der Waals surface area contributed by atoms with Gasteiger partial charge < -0.3 is 15.5 Å². The van der Waals surface area contributed by atoms with Gasteiger partial charge in [-0.25, -0.2) is 4.39 Å². The third-order valence-corrected chi connectivity index (χ3v) is 1.96. The van der Waals surface area contributed by atoms with E-state index in [0.717, 1.165) is 0 Å². The Hall–Kier alpha value is -1.13. The van der Waals surface area contributed by atoms with Gasteiger partial charge in [0.25, 0.3) is 0 Å². The molecule has 0 aliphatic rings. The number of aliphatic hydroxyl groups excluding tert-OH is 1. The maximum absolute atomic E-state index is 12.8. The lowest BCUT2D eigenvalue weighted by Gasteiger charge is -2.11. The molecule has 0 aliphatic carbocycles. The van der Waals surface area contributed by atoms with Crippen LogP contribution < -0.4 is 5.32 Å². The molecule has 1 rings (SSSR count). The van der Waals surface area contributed by atoms with Gasteiger partial charge in [-0.05, 0) is 25.1 Å². The molecule has 1 aromatic rings. The summed E-state index contributed by atoms with van der Waals surface area (Å²) in [5.41, 5.74) is 0.491. The molecular weight excluding hydrogens is 185 g/mol. The van der Waals surface area contributed by atoms with Crippen molar-refractivity contribution in [3.63, 3.8) is 0 Å². The van der Waals surface area contributed by atoms with Crippen LogP contribution in [0.15, 0.2) is 18.2 Å². The fourth-order valence-electron chi connectivity index (χ4n) is 1.04. The highest BCUT2D eigenvalue weighted by molar-refractivity contribution is 5.32. The number of nitrogens with one attached hydrogen (secondary N) is 1. The zero-order chi connectivity index (χ0) is 10.6. The van der Waals surface area contributed by atoms with Gasteiger partial charge in [-0.15, -0.1) is 0 Å². The smallest absolute Gasteiger partial charge is 0.123 e. The molecule has 0 aromatic heterocycles. The predicted molar refractivity (Wildman–Crippen MR) is 51.5 cm³/mol. The molecule has 0 bridgehead atoms. The molecule has 14 heavy (non-hydrogen) atoms. The molecule has 0 saturated carbocycles. The number of aromatic hydroxyl groups is 1. The second-order valence-electron chi connectivity index (χ2n) is 3.24. The van der Waals surface area contributed by atoms with Crippen LogP contribution in [0, 0.1) is 5.82 Å². The summed E-state index contributed by atoms with van der Waals surface area (Å²) in [6.45, 7) is 2.15. The van der Waals surface area contributed by atoms with E-state index in [9.17, 15) is 9.50 Å². The third kappa shape index (κ3) is 2.97. The number of aliphatic hydroxyl groups is 1. The van der Waals surface area contributed by atoms with Gasteiger partial charge in [0.15, 0.2) is 0 Å². The summed E-state index contributed by atoms with van der Waals surface area (Å²) in [5.74, 6) is -0.319. The molecule has 0 heterocycles. The van der Waals surface area contributed by atoms with E-state index in [-0.39, 0.29) is 24.2 Å². The largest absolute Gasteiger partial charge is 0.508 e. The maximum atomic E-state index is 12.8. The zero-order valence-electron chi connectivity index (χ0n) is 8.00. The first-order chi connectivity index (χ1) is 6.63. The first-order valence-electron chi connectivity index (χ1n) is 4.45. The lowest BCUT2D eigenvalue weighted by Crippen LogP contribution is -2.28. The number of rotatable bonds is 4. The van der Waals surface area contributed by atoms with Crippen molar-refractivity contribution in [2.45, 2.75) is 19.5 Å². The van der Waals surface area contributed by atoms with Gasteiger partial charge in [-0.3, -0.25) is 0 Å². The average Bonchev–Trinajstić information content (AvgIpc) is 2.19. The van der Waals surface area contributed by atoms with E-state index >= 15 is 0 Å². The van der Waals surface area contributed by atoms with Crippen LogP contribution in [0.2, 0.25) is 0 Å². The molecule has 0 amide bonds. The summed E-state index contributed by atoms with van der Waals surface area (Å²) in [6.07, 6.45) is 0. The lowest BCUT2D eigenvalue weighted by atomic mass is 10.2. The van der Waals surface area contributed by atoms with Crippen LogP contribution in [-0.4, -0.2) is 22.9 Å². The Morgan fingerprint density at radius 3 is 2.86 bits per heavy atom. The van der Waals surface area contributed by atoms with Crippen LogP contribution in [0.3, 0.4) is 0 Å². The fraction of sp³-hybridized carbons (Fsp3) is 0.400. The standard InChI is InChI=1S/C10H14FNO2/c1-7(6-13)12-5-8-4-9(11)2-3-10(8)14/h2-4,7,12-14H,5-6H2,1H3/t7-/m1/s1. The Labute approximate surface area is 82.2 Å².